The molecule has 0 unspecified atom stereocenters. The molecule has 0 bridgehead atoms. The van der Waals surface area contributed by atoms with Crippen LogP contribution in [0.1, 0.15) is 22.3 Å². The Morgan fingerprint density at radius 1 is 0.875 bits per heavy atom. The highest BCUT2D eigenvalue weighted by atomic mass is 16.5. The SMILES string of the molecule is Cc1cccc(COc2ccccc2CNCc2ccncc2)c1. The first kappa shape index (κ1) is 16.2. The minimum Gasteiger partial charge on any atom is -0.489 e. The number of para-hydroxylation sites is 1. The van der Waals surface area contributed by atoms with Crippen molar-refractivity contribution in [1.82, 2.24) is 10.3 Å². The molecule has 0 spiro atoms. The average molecular weight is 318 g/mol. The molecule has 0 aliphatic rings. The summed E-state index contributed by atoms with van der Waals surface area (Å²) in [6.45, 7) is 4.27. The number of aromatic nitrogens is 1. The predicted octanol–water partition coefficient (Wildman–Crippen LogP) is 4.26. The molecule has 0 atom stereocenters. The smallest absolute Gasteiger partial charge is 0.124 e. The van der Waals surface area contributed by atoms with Gasteiger partial charge in [-0.15, -0.1) is 0 Å². The Morgan fingerprint density at radius 2 is 1.71 bits per heavy atom. The van der Waals surface area contributed by atoms with Crippen LogP contribution in [-0.4, -0.2) is 4.98 Å². The van der Waals surface area contributed by atoms with Crippen LogP contribution < -0.4 is 10.1 Å². The van der Waals surface area contributed by atoms with E-state index in [0.29, 0.717) is 6.61 Å². The summed E-state index contributed by atoms with van der Waals surface area (Å²) >= 11 is 0. The lowest BCUT2D eigenvalue weighted by atomic mass is 10.1. The Kier molecular flexibility index (Phi) is 5.59. The van der Waals surface area contributed by atoms with Crippen LogP contribution in [0.3, 0.4) is 0 Å². The average Bonchev–Trinajstić information content (AvgIpc) is 2.62. The number of nitrogens with zero attached hydrogens (tertiary/aromatic N) is 1. The number of benzene rings is 2. The van der Waals surface area contributed by atoms with Gasteiger partial charge >= 0.3 is 0 Å². The molecular weight excluding hydrogens is 296 g/mol. The summed E-state index contributed by atoms with van der Waals surface area (Å²) in [4.78, 5) is 4.04. The van der Waals surface area contributed by atoms with Gasteiger partial charge in [0.25, 0.3) is 0 Å². The number of nitrogens with one attached hydrogen (secondary N) is 1. The minimum absolute atomic E-state index is 0.586. The van der Waals surface area contributed by atoms with E-state index in [4.69, 9.17) is 4.74 Å². The van der Waals surface area contributed by atoms with Crippen molar-refractivity contribution < 1.29 is 4.74 Å². The summed E-state index contributed by atoms with van der Waals surface area (Å²) in [6, 6.07) is 20.6. The zero-order valence-electron chi connectivity index (χ0n) is 13.9. The maximum Gasteiger partial charge on any atom is 0.124 e. The fourth-order valence-electron chi connectivity index (χ4n) is 2.60. The van der Waals surface area contributed by atoms with Crippen molar-refractivity contribution in [2.24, 2.45) is 0 Å². The van der Waals surface area contributed by atoms with E-state index in [-0.39, 0.29) is 0 Å². The van der Waals surface area contributed by atoms with E-state index < -0.39 is 0 Å². The molecule has 3 rings (SSSR count). The maximum absolute atomic E-state index is 6.03. The Bertz CT molecular complexity index is 772. The van der Waals surface area contributed by atoms with Gasteiger partial charge in [-0.05, 0) is 36.2 Å². The predicted molar refractivity (Wildman–Crippen MR) is 96.7 cm³/mol. The third-order valence-electron chi connectivity index (χ3n) is 3.84. The van der Waals surface area contributed by atoms with E-state index in [9.17, 15) is 0 Å². The third kappa shape index (κ3) is 4.67. The Hall–Kier alpha value is -2.65. The first-order valence-electron chi connectivity index (χ1n) is 8.17. The highest BCUT2D eigenvalue weighted by Crippen LogP contribution is 2.19. The van der Waals surface area contributed by atoms with Crippen molar-refractivity contribution in [3.63, 3.8) is 0 Å². The molecule has 3 heteroatoms. The number of aryl methyl sites for hydroxylation is 1. The zero-order chi connectivity index (χ0) is 16.6. The van der Waals surface area contributed by atoms with Crippen molar-refractivity contribution in [3.05, 3.63) is 95.3 Å². The van der Waals surface area contributed by atoms with Gasteiger partial charge < -0.3 is 10.1 Å². The lowest BCUT2D eigenvalue weighted by Crippen LogP contribution is -2.13. The molecule has 1 heterocycles. The highest BCUT2D eigenvalue weighted by Gasteiger charge is 2.04. The first-order valence-corrected chi connectivity index (χ1v) is 8.17. The van der Waals surface area contributed by atoms with Crippen molar-refractivity contribution in [2.75, 3.05) is 0 Å². The van der Waals surface area contributed by atoms with E-state index in [1.54, 1.807) is 0 Å². The largest absolute Gasteiger partial charge is 0.489 e. The quantitative estimate of drug-likeness (QED) is 0.707. The topological polar surface area (TPSA) is 34.1 Å². The molecular formula is C21H22N2O. The van der Waals surface area contributed by atoms with Crippen LogP contribution in [0, 0.1) is 6.92 Å². The molecule has 122 valence electrons. The van der Waals surface area contributed by atoms with Gasteiger partial charge in [-0.3, -0.25) is 4.98 Å². The van der Waals surface area contributed by atoms with Crippen LogP contribution in [0.5, 0.6) is 5.75 Å². The van der Waals surface area contributed by atoms with E-state index in [0.717, 1.165) is 18.8 Å². The molecule has 0 aliphatic carbocycles. The van der Waals surface area contributed by atoms with Crippen LogP contribution in [0.4, 0.5) is 0 Å². The van der Waals surface area contributed by atoms with Crippen molar-refractivity contribution >= 4 is 0 Å². The molecule has 24 heavy (non-hydrogen) atoms. The van der Waals surface area contributed by atoms with E-state index in [2.05, 4.69) is 47.6 Å². The van der Waals surface area contributed by atoms with Gasteiger partial charge in [0, 0.05) is 31.0 Å². The van der Waals surface area contributed by atoms with Crippen molar-refractivity contribution in [3.8, 4) is 5.75 Å². The number of hydrogen-bond acceptors (Lipinski definition) is 3. The third-order valence-corrected chi connectivity index (χ3v) is 3.84. The van der Waals surface area contributed by atoms with Crippen LogP contribution in [-0.2, 0) is 19.7 Å². The minimum atomic E-state index is 0.586. The number of rotatable bonds is 7. The second-order valence-electron chi connectivity index (χ2n) is 5.84. The Balaban J connectivity index is 1.58. The first-order chi connectivity index (χ1) is 11.8. The highest BCUT2D eigenvalue weighted by molar-refractivity contribution is 5.33. The zero-order valence-corrected chi connectivity index (χ0v) is 13.9. The number of hydrogen-bond donors (Lipinski definition) is 1. The monoisotopic (exact) mass is 318 g/mol. The summed E-state index contributed by atoms with van der Waals surface area (Å²) < 4.78 is 6.03. The maximum atomic E-state index is 6.03. The van der Waals surface area contributed by atoms with Gasteiger partial charge in [0.15, 0.2) is 0 Å². The van der Waals surface area contributed by atoms with Gasteiger partial charge in [0.2, 0.25) is 0 Å². The second-order valence-corrected chi connectivity index (χ2v) is 5.84. The molecule has 3 aromatic rings. The molecule has 0 aliphatic heterocycles. The normalized spacial score (nSPS) is 10.5. The van der Waals surface area contributed by atoms with E-state index in [1.165, 1.54) is 22.3 Å². The fourth-order valence-corrected chi connectivity index (χ4v) is 2.60. The lowest BCUT2D eigenvalue weighted by Gasteiger charge is -2.12. The Labute approximate surface area is 143 Å². The molecule has 1 aromatic heterocycles. The van der Waals surface area contributed by atoms with Gasteiger partial charge in [-0.1, -0.05) is 48.0 Å². The van der Waals surface area contributed by atoms with Crippen LogP contribution in [0.25, 0.3) is 0 Å². The Morgan fingerprint density at radius 3 is 2.54 bits per heavy atom. The number of pyridine rings is 1. The van der Waals surface area contributed by atoms with E-state index in [1.807, 2.05) is 42.7 Å². The lowest BCUT2D eigenvalue weighted by molar-refractivity contribution is 0.302. The van der Waals surface area contributed by atoms with Crippen LogP contribution in [0.2, 0.25) is 0 Å². The molecule has 3 nitrogen and oxygen atoms in total. The second kappa shape index (κ2) is 8.27. The van der Waals surface area contributed by atoms with E-state index >= 15 is 0 Å². The summed E-state index contributed by atoms with van der Waals surface area (Å²) in [5.41, 5.74) is 4.83. The summed E-state index contributed by atoms with van der Waals surface area (Å²) in [5, 5.41) is 3.46. The van der Waals surface area contributed by atoms with Gasteiger partial charge in [-0.2, -0.15) is 0 Å². The van der Waals surface area contributed by atoms with Gasteiger partial charge in [0.1, 0.15) is 12.4 Å². The van der Waals surface area contributed by atoms with Crippen LogP contribution in [0.15, 0.2) is 73.1 Å². The van der Waals surface area contributed by atoms with Crippen molar-refractivity contribution in [2.45, 2.75) is 26.6 Å². The standard InChI is InChI=1S/C21H22N2O/c1-17-5-4-6-19(13-17)16-24-21-8-3-2-7-20(21)15-23-14-18-9-11-22-12-10-18/h2-13,23H,14-16H2,1H3. The molecule has 2 aromatic carbocycles. The molecule has 0 fully saturated rings. The van der Waals surface area contributed by atoms with Crippen molar-refractivity contribution in [1.29, 1.82) is 0 Å². The summed E-state index contributed by atoms with van der Waals surface area (Å²) in [7, 11) is 0. The van der Waals surface area contributed by atoms with Crippen LogP contribution >= 0.6 is 0 Å². The summed E-state index contributed by atoms with van der Waals surface area (Å²) in [5.74, 6) is 0.932. The molecule has 0 amide bonds. The molecule has 0 saturated heterocycles. The molecule has 0 radical (unpaired) electrons. The van der Waals surface area contributed by atoms with Gasteiger partial charge in [0.05, 0.1) is 0 Å². The fraction of sp³-hybridized carbons (Fsp3) is 0.190. The van der Waals surface area contributed by atoms with Gasteiger partial charge in [-0.25, -0.2) is 0 Å². The molecule has 0 saturated carbocycles. The number of ether oxygens (including phenoxy) is 1. The molecule has 1 N–H and O–H groups in total. The summed E-state index contributed by atoms with van der Waals surface area (Å²) in [6.07, 6.45) is 3.63.